The number of anilines is 1. The van der Waals surface area contributed by atoms with Crippen molar-refractivity contribution in [3.05, 3.63) is 66.2 Å². The minimum absolute atomic E-state index is 0.0181. The van der Waals surface area contributed by atoms with Gasteiger partial charge in [0.15, 0.2) is 0 Å². The van der Waals surface area contributed by atoms with Crippen molar-refractivity contribution >= 4 is 11.6 Å². The van der Waals surface area contributed by atoms with Gasteiger partial charge in [0.05, 0.1) is 0 Å². The Bertz CT molecular complexity index is 622. The normalized spacial score (nSPS) is 15.2. The summed E-state index contributed by atoms with van der Waals surface area (Å²) in [6.07, 6.45) is 0.990. The molecular weight excluding hydrogens is 298 g/mol. The first-order chi connectivity index (χ1) is 11.8. The summed E-state index contributed by atoms with van der Waals surface area (Å²) in [6, 6.07) is 20.0. The molecule has 1 heterocycles. The Labute approximate surface area is 144 Å². The second-order valence-electron chi connectivity index (χ2n) is 6.14. The number of nitrogens with zero attached hydrogens (tertiary/aromatic N) is 2. The SMILES string of the molecule is O=C(NCCCN1CCN(c2ccccc2)CC1)c1ccccc1. The van der Waals surface area contributed by atoms with Crippen molar-refractivity contribution in [2.75, 3.05) is 44.2 Å². The van der Waals surface area contributed by atoms with Crippen LogP contribution in [-0.2, 0) is 0 Å². The zero-order valence-electron chi connectivity index (χ0n) is 14.0. The number of rotatable bonds is 6. The summed E-state index contributed by atoms with van der Waals surface area (Å²) in [5, 5.41) is 3.00. The molecule has 126 valence electrons. The van der Waals surface area contributed by atoms with Gasteiger partial charge in [-0.05, 0) is 37.2 Å². The van der Waals surface area contributed by atoms with Crippen LogP contribution in [0.25, 0.3) is 0 Å². The number of carbonyl (C=O) groups is 1. The minimum atomic E-state index is 0.0181. The van der Waals surface area contributed by atoms with Gasteiger partial charge in [0.1, 0.15) is 0 Å². The molecule has 1 aliphatic heterocycles. The molecule has 4 heteroatoms. The van der Waals surface area contributed by atoms with Crippen molar-refractivity contribution in [2.45, 2.75) is 6.42 Å². The predicted molar refractivity (Wildman–Crippen MR) is 98.5 cm³/mol. The van der Waals surface area contributed by atoms with Gasteiger partial charge in [-0.25, -0.2) is 0 Å². The van der Waals surface area contributed by atoms with Gasteiger partial charge in [-0.1, -0.05) is 36.4 Å². The fourth-order valence-corrected chi connectivity index (χ4v) is 3.06. The summed E-state index contributed by atoms with van der Waals surface area (Å²) in [5.41, 5.74) is 2.04. The van der Waals surface area contributed by atoms with Crippen LogP contribution in [0.4, 0.5) is 5.69 Å². The monoisotopic (exact) mass is 323 g/mol. The lowest BCUT2D eigenvalue weighted by Crippen LogP contribution is -2.47. The van der Waals surface area contributed by atoms with Crippen molar-refractivity contribution in [2.24, 2.45) is 0 Å². The van der Waals surface area contributed by atoms with Crippen molar-refractivity contribution in [1.82, 2.24) is 10.2 Å². The zero-order valence-corrected chi connectivity index (χ0v) is 14.0. The second-order valence-corrected chi connectivity index (χ2v) is 6.14. The number of hydrogen-bond acceptors (Lipinski definition) is 3. The lowest BCUT2D eigenvalue weighted by molar-refractivity contribution is 0.0951. The van der Waals surface area contributed by atoms with Gasteiger partial charge >= 0.3 is 0 Å². The molecule has 0 atom stereocenters. The molecule has 0 saturated carbocycles. The van der Waals surface area contributed by atoms with Gasteiger partial charge < -0.3 is 10.2 Å². The van der Waals surface area contributed by atoms with Crippen LogP contribution in [0.3, 0.4) is 0 Å². The van der Waals surface area contributed by atoms with Crippen LogP contribution < -0.4 is 10.2 Å². The highest BCUT2D eigenvalue weighted by Crippen LogP contribution is 2.15. The Hall–Kier alpha value is -2.33. The molecule has 1 aliphatic rings. The number of carbonyl (C=O) groups excluding carboxylic acids is 1. The highest BCUT2D eigenvalue weighted by atomic mass is 16.1. The number of nitrogens with one attached hydrogen (secondary N) is 1. The van der Waals surface area contributed by atoms with Crippen LogP contribution in [0.5, 0.6) is 0 Å². The van der Waals surface area contributed by atoms with E-state index in [0.29, 0.717) is 0 Å². The minimum Gasteiger partial charge on any atom is -0.369 e. The van der Waals surface area contributed by atoms with E-state index in [4.69, 9.17) is 0 Å². The molecule has 0 unspecified atom stereocenters. The van der Waals surface area contributed by atoms with Crippen LogP contribution in [0.2, 0.25) is 0 Å². The largest absolute Gasteiger partial charge is 0.369 e. The summed E-state index contributed by atoms with van der Waals surface area (Å²) in [5.74, 6) is 0.0181. The van der Waals surface area contributed by atoms with E-state index in [1.807, 2.05) is 30.3 Å². The third-order valence-electron chi connectivity index (χ3n) is 4.47. The molecule has 1 N–H and O–H groups in total. The van der Waals surface area contributed by atoms with E-state index >= 15 is 0 Å². The highest BCUT2D eigenvalue weighted by molar-refractivity contribution is 5.94. The Morgan fingerprint density at radius 3 is 2.17 bits per heavy atom. The Kier molecular flexibility index (Phi) is 5.85. The highest BCUT2D eigenvalue weighted by Gasteiger charge is 2.16. The first-order valence-electron chi connectivity index (χ1n) is 8.68. The Morgan fingerprint density at radius 2 is 1.50 bits per heavy atom. The summed E-state index contributed by atoms with van der Waals surface area (Å²) in [4.78, 5) is 16.9. The fourth-order valence-electron chi connectivity index (χ4n) is 3.06. The summed E-state index contributed by atoms with van der Waals surface area (Å²) in [7, 11) is 0. The predicted octanol–water partition coefficient (Wildman–Crippen LogP) is 2.63. The molecule has 0 spiro atoms. The molecule has 24 heavy (non-hydrogen) atoms. The number of amides is 1. The number of hydrogen-bond donors (Lipinski definition) is 1. The molecule has 0 aromatic heterocycles. The van der Waals surface area contributed by atoms with Gasteiger partial charge in [-0.2, -0.15) is 0 Å². The van der Waals surface area contributed by atoms with E-state index in [-0.39, 0.29) is 5.91 Å². The van der Waals surface area contributed by atoms with E-state index in [0.717, 1.165) is 51.3 Å². The molecule has 1 fully saturated rings. The van der Waals surface area contributed by atoms with Crippen LogP contribution in [0.1, 0.15) is 16.8 Å². The van der Waals surface area contributed by atoms with Crippen LogP contribution in [0.15, 0.2) is 60.7 Å². The number of piperazine rings is 1. The van der Waals surface area contributed by atoms with Crippen LogP contribution >= 0.6 is 0 Å². The Balaban J connectivity index is 1.33. The summed E-state index contributed by atoms with van der Waals surface area (Å²) < 4.78 is 0. The maximum Gasteiger partial charge on any atom is 0.251 e. The average molecular weight is 323 g/mol. The molecule has 0 aliphatic carbocycles. The first-order valence-corrected chi connectivity index (χ1v) is 8.68. The maximum absolute atomic E-state index is 12.0. The van der Waals surface area contributed by atoms with Gasteiger partial charge in [0.2, 0.25) is 0 Å². The van der Waals surface area contributed by atoms with E-state index in [1.54, 1.807) is 0 Å². The van der Waals surface area contributed by atoms with Crippen molar-refractivity contribution in [1.29, 1.82) is 0 Å². The van der Waals surface area contributed by atoms with Crippen molar-refractivity contribution in [3.8, 4) is 0 Å². The summed E-state index contributed by atoms with van der Waals surface area (Å²) in [6.45, 7) is 6.08. The van der Waals surface area contributed by atoms with E-state index in [1.165, 1.54) is 5.69 Å². The third kappa shape index (κ3) is 4.59. The zero-order chi connectivity index (χ0) is 16.6. The number of para-hydroxylation sites is 1. The maximum atomic E-state index is 12.0. The number of benzene rings is 2. The van der Waals surface area contributed by atoms with Gasteiger partial charge in [-0.15, -0.1) is 0 Å². The van der Waals surface area contributed by atoms with Gasteiger partial charge in [0.25, 0.3) is 5.91 Å². The lowest BCUT2D eigenvalue weighted by Gasteiger charge is -2.36. The van der Waals surface area contributed by atoms with E-state index < -0.39 is 0 Å². The quantitative estimate of drug-likeness (QED) is 0.830. The van der Waals surface area contributed by atoms with Gasteiger partial charge in [-0.3, -0.25) is 9.69 Å². The van der Waals surface area contributed by atoms with Gasteiger partial charge in [0, 0.05) is 44.0 Å². The molecule has 0 bridgehead atoms. The molecular formula is C20H25N3O. The molecule has 1 saturated heterocycles. The fraction of sp³-hybridized carbons (Fsp3) is 0.350. The standard InChI is InChI=1S/C20H25N3O/c24-20(18-8-3-1-4-9-18)21-12-7-13-22-14-16-23(17-15-22)19-10-5-2-6-11-19/h1-6,8-11H,7,12-17H2,(H,21,24). The molecule has 1 amide bonds. The smallest absolute Gasteiger partial charge is 0.251 e. The topological polar surface area (TPSA) is 35.6 Å². The Morgan fingerprint density at radius 1 is 0.875 bits per heavy atom. The molecule has 0 radical (unpaired) electrons. The molecule has 2 aromatic carbocycles. The first kappa shape index (κ1) is 16.5. The van der Waals surface area contributed by atoms with Crippen molar-refractivity contribution in [3.63, 3.8) is 0 Å². The molecule has 4 nitrogen and oxygen atoms in total. The van der Waals surface area contributed by atoms with E-state index in [2.05, 4.69) is 45.4 Å². The van der Waals surface area contributed by atoms with Crippen LogP contribution in [-0.4, -0.2) is 50.1 Å². The molecule has 3 rings (SSSR count). The molecule has 2 aromatic rings. The summed E-state index contributed by atoms with van der Waals surface area (Å²) >= 11 is 0. The lowest BCUT2D eigenvalue weighted by atomic mass is 10.2. The van der Waals surface area contributed by atoms with Crippen LogP contribution in [0, 0.1) is 0 Å². The average Bonchev–Trinajstić information content (AvgIpc) is 2.67. The van der Waals surface area contributed by atoms with Crippen molar-refractivity contribution < 1.29 is 4.79 Å². The third-order valence-corrected chi connectivity index (χ3v) is 4.47. The second kappa shape index (κ2) is 8.50. The van der Waals surface area contributed by atoms with E-state index in [9.17, 15) is 4.79 Å².